The SMILES string of the molecule is COCc1nnc2n1[C@@H](C)CN(C(=O)c1ocnc1C)C2. The van der Waals surface area contributed by atoms with Gasteiger partial charge in [-0.3, -0.25) is 4.79 Å². The van der Waals surface area contributed by atoms with Gasteiger partial charge in [0.1, 0.15) is 6.61 Å². The minimum absolute atomic E-state index is 0.0843. The topological polar surface area (TPSA) is 86.3 Å². The first-order valence-electron chi connectivity index (χ1n) is 6.72. The van der Waals surface area contributed by atoms with Gasteiger partial charge in [-0.05, 0) is 13.8 Å². The lowest BCUT2D eigenvalue weighted by atomic mass is 10.2. The number of ether oxygens (including phenoxy) is 1. The third kappa shape index (κ3) is 2.31. The second kappa shape index (κ2) is 5.28. The van der Waals surface area contributed by atoms with Crippen LogP contribution in [-0.2, 0) is 17.9 Å². The number of amides is 1. The molecule has 0 saturated carbocycles. The number of hydrogen-bond acceptors (Lipinski definition) is 6. The highest BCUT2D eigenvalue weighted by Crippen LogP contribution is 2.23. The Kier molecular flexibility index (Phi) is 3.46. The van der Waals surface area contributed by atoms with Crippen molar-refractivity contribution in [2.75, 3.05) is 13.7 Å². The van der Waals surface area contributed by atoms with Crippen molar-refractivity contribution in [3.8, 4) is 0 Å². The molecule has 0 fully saturated rings. The summed E-state index contributed by atoms with van der Waals surface area (Å²) >= 11 is 0. The largest absolute Gasteiger partial charge is 0.438 e. The minimum Gasteiger partial charge on any atom is -0.438 e. The molecule has 1 atom stereocenters. The molecule has 0 aliphatic carbocycles. The lowest BCUT2D eigenvalue weighted by Crippen LogP contribution is -2.41. The molecule has 8 heteroatoms. The summed E-state index contributed by atoms with van der Waals surface area (Å²) in [5.41, 5.74) is 0.597. The summed E-state index contributed by atoms with van der Waals surface area (Å²) < 4.78 is 12.3. The average molecular weight is 291 g/mol. The fraction of sp³-hybridized carbons (Fsp3) is 0.538. The molecule has 0 unspecified atom stereocenters. The highest BCUT2D eigenvalue weighted by molar-refractivity contribution is 5.92. The summed E-state index contributed by atoms with van der Waals surface area (Å²) in [5, 5.41) is 8.28. The third-order valence-corrected chi connectivity index (χ3v) is 3.60. The summed E-state index contributed by atoms with van der Waals surface area (Å²) in [6, 6.07) is 0.0843. The Morgan fingerprint density at radius 2 is 2.33 bits per heavy atom. The van der Waals surface area contributed by atoms with Crippen LogP contribution < -0.4 is 0 Å². The van der Waals surface area contributed by atoms with E-state index in [4.69, 9.17) is 9.15 Å². The molecule has 3 heterocycles. The molecule has 0 N–H and O–H groups in total. The summed E-state index contributed by atoms with van der Waals surface area (Å²) in [6.07, 6.45) is 1.29. The van der Waals surface area contributed by atoms with Crippen LogP contribution in [0.1, 0.15) is 40.9 Å². The van der Waals surface area contributed by atoms with E-state index in [1.54, 1.807) is 18.9 Å². The molecule has 112 valence electrons. The molecule has 2 aromatic heterocycles. The maximum Gasteiger partial charge on any atom is 0.292 e. The van der Waals surface area contributed by atoms with Crippen LogP contribution in [0.2, 0.25) is 0 Å². The average Bonchev–Trinajstić information content (AvgIpc) is 3.05. The molecule has 2 aromatic rings. The highest BCUT2D eigenvalue weighted by Gasteiger charge is 2.31. The van der Waals surface area contributed by atoms with Gasteiger partial charge in [-0.15, -0.1) is 10.2 Å². The molecule has 0 aromatic carbocycles. The van der Waals surface area contributed by atoms with Crippen LogP contribution in [0.25, 0.3) is 0 Å². The first-order valence-corrected chi connectivity index (χ1v) is 6.72. The number of rotatable bonds is 3. The first-order chi connectivity index (χ1) is 10.1. The first kappa shape index (κ1) is 13.7. The smallest absolute Gasteiger partial charge is 0.292 e. The van der Waals surface area contributed by atoms with Crippen molar-refractivity contribution in [1.29, 1.82) is 0 Å². The van der Waals surface area contributed by atoms with Crippen LogP contribution >= 0.6 is 0 Å². The van der Waals surface area contributed by atoms with Crippen molar-refractivity contribution in [3.63, 3.8) is 0 Å². The monoisotopic (exact) mass is 291 g/mol. The Morgan fingerprint density at radius 1 is 1.52 bits per heavy atom. The lowest BCUT2D eigenvalue weighted by Gasteiger charge is -2.32. The van der Waals surface area contributed by atoms with Crippen molar-refractivity contribution >= 4 is 5.91 Å². The van der Waals surface area contributed by atoms with E-state index in [9.17, 15) is 4.79 Å². The van der Waals surface area contributed by atoms with E-state index >= 15 is 0 Å². The van der Waals surface area contributed by atoms with E-state index in [0.717, 1.165) is 11.6 Å². The normalized spacial score (nSPS) is 17.9. The number of carbonyl (C=O) groups excluding carboxylic acids is 1. The van der Waals surface area contributed by atoms with Crippen molar-refractivity contribution in [2.24, 2.45) is 0 Å². The van der Waals surface area contributed by atoms with Crippen molar-refractivity contribution < 1.29 is 13.9 Å². The van der Waals surface area contributed by atoms with E-state index in [1.807, 2.05) is 11.5 Å². The van der Waals surface area contributed by atoms with Crippen molar-refractivity contribution in [2.45, 2.75) is 33.0 Å². The number of fused-ring (bicyclic) bond motifs is 1. The number of aromatic nitrogens is 4. The summed E-state index contributed by atoms with van der Waals surface area (Å²) in [7, 11) is 1.62. The van der Waals surface area contributed by atoms with Crippen molar-refractivity contribution in [3.05, 3.63) is 29.5 Å². The van der Waals surface area contributed by atoms with E-state index in [1.165, 1.54) is 6.39 Å². The molecule has 0 radical (unpaired) electrons. The van der Waals surface area contributed by atoms with Gasteiger partial charge in [0.05, 0.1) is 18.3 Å². The lowest BCUT2D eigenvalue weighted by molar-refractivity contribution is 0.0642. The van der Waals surface area contributed by atoms with Gasteiger partial charge >= 0.3 is 0 Å². The van der Waals surface area contributed by atoms with Crippen LogP contribution in [0, 0.1) is 6.92 Å². The van der Waals surface area contributed by atoms with Crippen LogP contribution in [0.3, 0.4) is 0 Å². The maximum atomic E-state index is 12.5. The molecule has 0 bridgehead atoms. The maximum absolute atomic E-state index is 12.5. The molecule has 1 amide bonds. The quantitative estimate of drug-likeness (QED) is 0.836. The second-order valence-corrected chi connectivity index (χ2v) is 5.14. The predicted molar refractivity (Wildman–Crippen MR) is 71.4 cm³/mol. The van der Waals surface area contributed by atoms with Crippen LogP contribution in [0.15, 0.2) is 10.8 Å². The Hall–Kier alpha value is -2.22. The van der Waals surface area contributed by atoms with Gasteiger partial charge in [-0.1, -0.05) is 0 Å². The number of carbonyl (C=O) groups is 1. The Balaban J connectivity index is 1.86. The standard InChI is InChI=1S/C13H17N5O3/c1-8-4-17(13(19)12-9(2)14-7-21-12)5-10-15-16-11(6-20-3)18(8)10/h7-8H,4-6H2,1-3H3/t8-/m0/s1. The third-order valence-electron chi connectivity index (χ3n) is 3.60. The van der Waals surface area contributed by atoms with Gasteiger partial charge in [0.15, 0.2) is 18.0 Å². The highest BCUT2D eigenvalue weighted by atomic mass is 16.5. The van der Waals surface area contributed by atoms with Gasteiger partial charge in [0, 0.05) is 13.7 Å². The molecule has 0 saturated heterocycles. The molecule has 21 heavy (non-hydrogen) atoms. The van der Waals surface area contributed by atoms with Crippen LogP contribution in [0.5, 0.6) is 0 Å². The van der Waals surface area contributed by atoms with Gasteiger partial charge < -0.3 is 18.6 Å². The molecule has 0 spiro atoms. The van der Waals surface area contributed by atoms with Crippen LogP contribution in [-0.4, -0.2) is 44.2 Å². The van der Waals surface area contributed by atoms with Gasteiger partial charge in [0.2, 0.25) is 5.76 Å². The number of hydrogen-bond donors (Lipinski definition) is 0. The zero-order chi connectivity index (χ0) is 15.0. The summed E-state index contributed by atoms with van der Waals surface area (Å²) in [4.78, 5) is 18.1. The Labute approximate surface area is 121 Å². The minimum atomic E-state index is -0.167. The zero-order valence-corrected chi connectivity index (χ0v) is 12.2. The molecule has 1 aliphatic rings. The number of oxazole rings is 1. The molecule has 1 aliphatic heterocycles. The van der Waals surface area contributed by atoms with E-state index in [-0.39, 0.29) is 17.7 Å². The second-order valence-electron chi connectivity index (χ2n) is 5.14. The fourth-order valence-electron chi connectivity index (χ4n) is 2.65. The van der Waals surface area contributed by atoms with Gasteiger partial charge in [-0.25, -0.2) is 4.98 Å². The Morgan fingerprint density at radius 3 is 3.00 bits per heavy atom. The Bertz CT molecular complexity index is 663. The van der Waals surface area contributed by atoms with E-state index in [2.05, 4.69) is 15.2 Å². The molecule has 3 rings (SSSR count). The van der Waals surface area contributed by atoms with Crippen molar-refractivity contribution in [1.82, 2.24) is 24.6 Å². The summed E-state index contributed by atoms with van der Waals surface area (Å²) in [5.74, 6) is 1.65. The van der Waals surface area contributed by atoms with Gasteiger partial charge in [-0.2, -0.15) is 0 Å². The number of aryl methyl sites for hydroxylation is 1. The fourth-order valence-corrected chi connectivity index (χ4v) is 2.65. The molecule has 8 nitrogen and oxygen atoms in total. The van der Waals surface area contributed by atoms with E-state index in [0.29, 0.717) is 25.4 Å². The number of nitrogens with zero attached hydrogens (tertiary/aromatic N) is 5. The number of methoxy groups -OCH3 is 1. The zero-order valence-electron chi connectivity index (χ0n) is 12.2. The molecular formula is C13H17N5O3. The van der Waals surface area contributed by atoms with Crippen LogP contribution in [0.4, 0.5) is 0 Å². The van der Waals surface area contributed by atoms with E-state index < -0.39 is 0 Å². The molecular weight excluding hydrogens is 274 g/mol. The van der Waals surface area contributed by atoms with Gasteiger partial charge in [0.25, 0.3) is 5.91 Å². The summed E-state index contributed by atoms with van der Waals surface area (Å²) in [6.45, 7) is 5.16. The predicted octanol–water partition coefficient (Wildman–Crippen LogP) is 0.938.